The van der Waals surface area contributed by atoms with E-state index in [1.54, 1.807) is 0 Å². The van der Waals surface area contributed by atoms with Gasteiger partial charge < -0.3 is 10.6 Å². The van der Waals surface area contributed by atoms with Crippen LogP contribution in [0.4, 0.5) is 0 Å². The summed E-state index contributed by atoms with van der Waals surface area (Å²) in [6.45, 7) is 1.61. The van der Waals surface area contributed by atoms with Crippen molar-refractivity contribution in [2.24, 2.45) is 35.3 Å². The van der Waals surface area contributed by atoms with Gasteiger partial charge in [0.05, 0.1) is 0 Å². The summed E-state index contributed by atoms with van der Waals surface area (Å²) in [5, 5.41) is 0. The lowest BCUT2D eigenvalue weighted by Gasteiger charge is -2.55. The monoisotopic (exact) mass is 276 g/mol. The molecular weight excluding hydrogens is 248 g/mol. The molecule has 0 radical (unpaired) electrons. The molecule has 0 aromatic rings. The molecule has 1 saturated heterocycles. The smallest absolute Gasteiger partial charge is 0.226 e. The molecule has 4 saturated carbocycles. The Kier molecular flexibility index (Phi) is 3.29. The van der Waals surface area contributed by atoms with Crippen LogP contribution in [-0.4, -0.2) is 29.9 Å². The summed E-state index contributed by atoms with van der Waals surface area (Å²) in [7, 11) is 0. The number of nitrogens with two attached hydrogens (primary N) is 1. The van der Waals surface area contributed by atoms with E-state index in [4.69, 9.17) is 5.73 Å². The minimum atomic E-state index is 0.327. The van der Waals surface area contributed by atoms with E-state index in [1.807, 2.05) is 0 Å². The van der Waals surface area contributed by atoms with Crippen molar-refractivity contribution in [2.75, 3.05) is 13.1 Å². The molecule has 2 N–H and O–H groups in total. The lowest BCUT2D eigenvalue weighted by molar-refractivity contribution is -0.152. The molecule has 1 heterocycles. The number of hydrogen-bond acceptors (Lipinski definition) is 2. The van der Waals surface area contributed by atoms with E-state index in [0.717, 1.165) is 24.8 Å². The maximum Gasteiger partial charge on any atom is 0.226 e. The average molecular weight is 276 g/mol. The molecule has 5 aliphatic rings. The highest BCUT2D eigenvalue weighted by Crippen LogP contribution is 2.57. The van der Waals surface area contributed by atoms with E-state index in [-0.39, 0.29) is 0 Å². The summed E-state index contributed by atoms with van der Waals surface area (Å²) in [5.74, 6) is 4.16. The number of hydrogen-bond donors (Lipinski definition) is 1. The number of rotatable bonds is 2. The number of amides is 1. The number of piperidine rings is 1. The molecule has 3 heteroatoms. The van der Waals surface area contributed by atoms with Gasteiger partial charge in [-0.2, -0.15) is 0 Å². The zero-order valence-corrected chi connectivity index (χ0v) is 12.5. The highest BCUT2D eigenvalue weighted by atomic mass is 16.2. The van der Waals surface area contributed by atoms with Gasteiger partial charge in [-0.1, -0.05) is 0 Å². The molecule has 5 fully saturated rings. The summed E-state index contributed by atoms with van der Waals surface area (Å²) in [5.41, 5.74) is 5.91. The average Bonchev–Trinajstić information content (AvgIpc) is 2.46. The van der Waals surface area contributed by atoms with Crippen molar-refractivity contribution in [3.05, 3.63) is 0 Å². The van der Waals surface area contributed by atoms with Crippen LogP contribution in [0.5, 0.6) is 0 Å². The predicted octanol–water partition coefficient (Wildman–Crippen LogP) is 2.40. The third kappa shape index (κ3) is 2.01. The van der Waals surface area contributed by atoms with E-state index in [9.17, 15) is 4.79 Å². The summed E-state index contributed by atoms with van der Waals surface area (Å²) in [6.07, 6.45) is 10.4. The Bertz CT molecular complexity index is 366. The van der Waals surface area contributed by atoms with Gasteiger partial charge in [-0.15, -0.1) is 0 Å². The van der Waals surface area contributed by atoms with Crippen molar-refractivity contribution >= 4 is 5.91 Å². The minimum absolute atomic E-state index is 0.327. The molecule has 0 aromatic heterocycles. The fourth-order valence-corrected chi connectivity index (χ4v) is 6.06. The quantitative estimate of drug-likeness (QED) is 0.842. The molecule has 20 heavy (non-hydrogen) atoms. The first kappa shape index (κ1) is 13.1. The van der Waals surface area contributed by atoms with Crippen molar-refractivity contribution in [3.63, 3.8) is 0 Å². The molecule has 0 spiro atoms. The second-order valence-electron chi connectivity index (χ2n) is 7.87. The second-order valence-corrected chi connectivity index (χ2v) is 7.87. The van der Waals surface area contributed by atoms with Gasteiger partial charge in [0.2, 0.25) is 5.91 Å². The Morgan fingerprint density at radius 1 is 1.00 bits per heavy atom. The maximum atomic E-state index is 13.1. The van der Waals surface area contributed by atoms with Crippen LogP contribution in [0.2, 0.25) is 0 Å². The molecule has 3 nitrogen and oxygen atoms in total. The minimum Gasteiger partial charge on any atom is -0.338 e. The maximum absolute atomic E-state index is 13.1. The van der Waals surface area contributed by atoms with Gasteiger partial charge >= 0.3 is 0 Å². The third-order valence-corrected chi connectivity index (χ3v) is 6.69. The number of nitrogens with zero attached hydrogens (tertiary/aromatic N) is 1. The van der Waals surface area contributed by atoms with Gasteiger partial charge in [0.15, 0.2) is 0 Å². The molecule has 1 atom stereocenters. The summed E-state index contributed by atoms with van der Waals surface area (Å²) in [4.78, 5) is 15.3. The van der Waals surface area contributed by atoms with Crippen LogP contribution in [0.3, 0.4) is 0 Å². The largest absolute Gasteiger partial charge is 0.338 e. The zero-order chi connectivity index (χ0) is 13.7. The van der Waals surface area contributed by atoms with E-state index in [0.29, 0.717) is 36.2 Å². The first-order valence-corrected chi connectivity index (χ1v) is 8.76. The van der Waals surface area contributed by atoms with Gasteiger partial charge in [0.25, 0.3) is 0 Å². The third-order valence-electron chi connectivity index (χ3n) is 6.69. The van der Waals surface area contributed by atoms with Gasteiger partial charge in [0.1, 0.15) is 0 Å². The van der Waals surface area contributed by atoms with Gasteiger partial charge in [-0.3, -0.25) is 4.79 Å². The van der Waals surface area contributed by atoms with Crippen LogP contribution in [0.25, 0.3) is 0 Å². The van der Waals surface area contributed by atoms with E-state index >= 15 is 0 Å². The van der Waals surface area contributed by atoms with Crippen LogP contribution in [0.1, 0.15) is 51.4 Å². The van der Waals surface area contributed by atoms with Crippen LogP contribution < -0.4 is 5.73 Å². The highest BCUT2D eigenvalue weighted by molar-refractivity contribution is 5.80. The molecular formula is C17H28N2O. The summed E-state index contributed by atoms with van der Waals surface area (Å²) < 4.78 is 0. The lowest BCUT2D eigenvalue weighted by Crippen LogP contribution is -2.56. The van der Waals surface area contributed by atoms with E-state index in [1.165, 1.54) is 44.9 Å². The summed E-state index contributed by atoms with van der Waals surface area (Å²) in [6, 6.07) is 0.327. The first-order chi connectivity index (χ1) is 9.76. The second kappa shape index (κ2) is 5.01. The van der Waals surface area contributed by atoms with E-state index < -0.39 is 0 Å². The first-order valence-electron chi connectivity index (χ1n) is 8.76. The van der Waals surface area contributed by atoms with Crippen LogP contribution >= 0.6 is 0 Å². The fraction of sp³-hybridized carbons (Fsp3) is 0.941. The molecule has 5 rings (SSSR count). The van der Waals surface area contributed by atoms with Crippen molar-refractivity contribution < 1.29 is 4.79 Å². The molecule has 1 aliphatic heterocycles. The number of likely N-dealkylation sites (tertiary alicyclic amines) is 1. The standard InChI is InChI=1S/C17H28N2O/c18-10-15-3-1-2-4-19(15)17(20)16-13-6-11-5-12(8-13)9-14(16)7-11/h11-16H,1-10,18H2. The normalized spacial score (nSPS) is 46.8. The highest BCUT2D eigenvalue weighted by Gasteiger charge is 2.52. The SMILES string of the molecule is NCC1CCCCN1C(=O)C1C2CC3CC(C2)CC1C3. The van der Waals surface area contributed by atoms with Crippen molar-refractivity contribution in [1.29, 1.82) is 0 Å². The van der Waals surface area contributed by atoms with Crippen LogP contribution in [0.15, 0.2) is 0 Å². The van der Waals surface area contributed by atoms with Crippen molar-refractivity contribution in [3.8, 4) is 0 Å². The van der Waals surface area contributed by atoms with Crippen LogP contribution in [0, 0.1) is 29.6 Å². The molecule has 4 aliphatic carbocycles. The van der Waals surface area contributed by atoms with Crippen molar-refractivity contribution in [1.82, 2.24) is 4.90 Å². The Morgan fingerprint density at radius 3 is 2.25 bits per heavy atom. The Labute approximate surface area is 122 Å². The number of carbonyl (C=O) groups is 1. The molecule has 4 bridgehead atoms. The van der Waals surface area contributed by atoms with Crippen LogP contribution in [-0.2, 0) is 4.79 Å². The van der Waals surface area contributed by atoms with Gasteiger partial charge in [-0.25, -0.2) is 0 Å². The molecule has 0 aromatic carbocycles. The fourth-order valence-electron chi connectivity index (χ4n) is 6.06. The predicted molar refractivity (Wildman–Crippen MR) is 78.9 cm³/mol. The van der Waals surface area contributed by atoms with Gasteiger partial charge in [0, 0.05) is 25.0 Å². The Morgan fingerprint density at radius 2 is 1.65 bits per heavy atom. The van der Waals surface area contributed by atoms with Gasteiger partial charge in [-0.05, 0) is 75.0 Å². The molecule has 1 amide bonds. The topological polar surface area (TPSA) is 46.3 Å². The Balaban J connectivity index is 1.53. The number of carbonyl (C=O) groups excluding carboxylic acids is 1. The summed E-state index contributed by atoms with van der Waals surface area (Å²) >= 11 is 0. The molecule has 112 valence electrons. The van der Waals surface area contributed by atoms with E-state index in [2.05, 4.69) is 4.90 Å². The van der Waals surface area contributed by atoms with Crippen molar-refractivity contribution in [2.45, 2.75) is 57.4 Å². The zero-order valence-electron chi connectivity index (χ0n) is 12.5. The Hall–Kier alpha value is -0.570. The lowest BCUT2D eigenvalue weighted by atomic mass is 9.51. The molecule has 1 unspecified atom stereocenters.